The predicted molar refractivity (Wildman–Crippen MR) is 279 cm³/mol. The van der Waals surface area contributed by atoms with Crippen LogP contribution >= 0.6 is 0 Å². The van der Waals surface area contributed by atoms with Gasteiger partial charge in [-0.1, -0.05) is 251 Å². The summed E-state index contributed by atoms with van der Waals surface area (Å²) in [5.41, 5.74) is 0. The summed E-state index contributed by atoms with van der Waals surface area (Å²) in [7, 11) is 0. The Morgan fingerprint density at radius 1 is 0.292 bits per heavy atom. The average Bonchev–Trinajstić information content (AvgIpc) is 3.30. The molecule has 0 spiro atoms. The number of carbonyl (C=O) groups is 3. The Morgan fingerprint density at radius 2 is 0.508 bits per heavy atom. The van der Waals surface area contributed by atoms with Crippen LogP contribution in [0.4, 0.5) is 0 Å². The molecule has 0 aliphatic heterocycles. The molecule has 0 aromatic rings. The third-order valence-electron chi connectivity index (χ3n) is 12.9. The van der Waals surface area contributed by atoms with E-state index in [4.69, 9.17) is 14.2 Å². The fraction of sp³-hybridized carbons (Fsp3) is 0.881. The van der Waals surface area contributed by atoms with Gasteiger partial charge in [0, 0.05) is 19.3 Å². The van der Waals surface area contributed by atoms with E-state index < -0.39 is 6.10 Å². The van der Waals surface area contributed by atoms with Crippen LogP contribution in [0.5, 0.6) is 0 Å². The Balaban J connectivity index is 4.23. The van der Waals surface area contributed by atoms with E-state index in [1.807, 2.05) is 0 Å². The van der Waals surface area contributed by atoms with Gasteiger partial charge >= 0.3 is 17.9 Å². The van der Waals surface area contributed by atoms with Gasteiger partial charge in [0.2, 0.25) is 0 Å². The second-order valence-corrected chi connectivity index (χ2v) is 19.6. The van der Waals surface area contributed by atoms with Gasteiger partial charge in [0.05, 0.1) is 0 Å². The zero-order valence-corrected chi connectivity index (χ0v) is 43.8. The number of carbonyl (C=O) groups excluding carboxylic acids is 3. The molecule has 0 aliphatic rings. The number of hydrogen-bond acceptors (Lipinski definition) is 6. The second kappa shape index (κ2) is 54.5. The van der Waals surface area contributed by atoms with Crippen molar-refractivity contribution < 1.29 is 28.6 Å². The first kappa shape index (κ1) is 62.9. The van der Waals surface area contributed by atoms with Gasteiger partial charge in [-0.25, -0.2) is 0 Å². The van der Waals surface area contributed by atoms with Gasteiger partial charge in [0.25, 0.3) is 0 Å². The van der Waals surface area contributed by atoms with E-state index in [2.05, 4.69) is 45.1 Å². The highest BCUT2D eigenvalue weighted by molar-refractivity contribution is 5.71. The molecule has 0 rings (SSSR count). The summed E-state index contributed by atoms with van der Waals surface area (Å²) in [6.45, 7) is 6.65. The zero-order chi connectivity index (χ0) is 47.2. The van der Waals surface area contributed by atoms with E-state index in [9.17, 15) is 14.4 Å². The molecule has 0 aromatic carbocycles. The maximum absolute atomic E-state index is 12.8. The first-order valence-electron chi connectivity index (χ1n) is 28.8. The molecule has 0 heterocycles. The standard InChI is InChI=1S/C59H110O6/c1-4-7-10-13-16-19-21-23-25-27-28-29-30-32-33-35-37-40-43-46-49-52-58(61)64-55-56(54-63-57(60)51-48-45-42-39-18-15-12-9-6-3)65-59(62)53-50-47-44-41-38-36-34-31-26-24-22-20-17-14-11-8-5-2/h24,26-28,56H,4-23,25,29-55H2,1-3H3/b26-24-,28-27-. The Labute approximate surface area is 404 Å². The number of allylic oxidation sites excluding steroid dienone is 4. The maximum Gasteiger partial charge on any atom is 0.306 e. The molecular weight excluding hydrogens is 805 g/mol. The Bertz CT molecular complexity index is 1050. The summed E-state index contributed by atoms with van der Waals surface area (Å²) in [6, 6.07) is 0. The van der Waals surface area contributed by atoms with Gasteiger partial charge < -0.3 is 14.2 Å². The van der Waals surface area contributed by atoms with Crippen LogP contribution < -0.4 is 0 Å². The highest BCUT2D eigenvalue weighted by atomic mass is 16.6. The average molecular weight is 916 g/mol. The van der Waals surface area contributed by atoms with Gasteiger partial charge in [0.1, 0.15) is 13.2 Å². The largest absolute Gasteiger partial charge is 0.462 e. The van der Waals surface area contributed by atoms with E-state index in [-0.39, 0.29) is 31.1 Å². The molecule has 6 heteroatoms. The molecule has 0 fully saturated rings. The summed E-state index contributed by atoms with van der Waals surface area (Å²) < 4.78 is 16.8. The summed E-state index contributed by atoms with van der Waals surface area (Å²) in [5.74, 6) is -0.862. The third kappa shape index (κ3) is 52.7. The van der Waals surface area contributed by atoms with Crippen LogP contribution in [0.2, 0.25) is 0 Å². The van der Waals surface area contributed by atoms with E-state index in [1.165, 1.54) is 218 Å². The van der Waals surface area contributed by atoms with Crippen molar-refractivity contribution in [3.8, 4) is 0 Å². The molecule has 0 saturated heterocycles. The van der Waals surface area contributed by atoms with E-state index >= 15 is 0 Å². The molecule has 0 bridgehead atoms. The minimum atomic E-state index is -0.769. The number of ether oxygens (including phenoxy) is 3. The molecule has 0 N–H and O–H groups in total. The number of unbranched alkanes of at least 4 members (excludes halogenated alkanes) is 38. The monoisotopic (exact) mass is 915 g/mol. The van der Waals surface area contributed by atoms with Crippen LogP contribution in [0.15, 0.2) is 24.3 Å². The molecule has 1 atom stereocenters. The lowest BCUT2D eigenvalue weighted by Crippen LogP contribution is -2.30. The van der Waals surface area contributed by atoms with Gasteiger partial charge in [-0.2, -0.15) is 0 Å². The van der Waals surface area contributed by atoms with Gasteiger partial charge in [-0.3, -0.25) is 14.4 Å². The molecule has 382 valence electrons. The number of hydrogen-bond donors (Lipinski definition) is 0. The van der Waals surface area contributed by atoms with Crippen LogP contribution in [0, 0.1) is 0 Å². The van der Waals surface area contributed by atoms with Gasteiger partial charge in [0.15, 0.2) is 6.10 Å². The van der Waals surface area contributed by atoms with E-state index in [1.54, 1.807) is 0 Å². The molecule has 65 heavy (non-hydrogen) atoms. The lowest BCUT2D eigenvalue weighted by atomic mass is 10.1. The first-order valence-corrected chi connectivity index (χ1v) is 28.8. The molecule has 0 saturated carbocycles. The van der Waals surface area contributed by atoms with Crippen molar-refractivity contribution in [2.75, 3.05) is 13.2 Å². The Hall–Kier alpha value is -2.11. The second-order valence-electron chi connectivity index (χ2n) is 19.6. The predicted octanol–water partition coefficient (Wildman–Crippen LogP) is 19.1. The topological polar surface area (TPSA) is 78.9 Å². The fourth-order valence-corrected chi connectivity index (χ4v) is 8.55. The van der Waals surface area contributed by atoms with Gasteiger partial charge in [-0.05, 0) is 70.6 Å². The Morgan fingerprint density at radius 3 is 0.769 bits per heavy atom. The normalized spacial score (nSPS) is 12.1. The Kier molecular flexibility index (Phi) is 52.7. The molecule has 0 aliphatic carbocycles. The van der Waals surface area contributed by atoms with Crippen LogP contribution in [0.3, 0.4) is 0 Å². The van der Waals surface area contributed by atoms with Crippen molar-refractivity contribution >= 4 is 17.9 Å². The number of rotatable bonds is 53. The van der Waals surface area contributed by atoms with E-state index in [0.717, 1.165) is 57.8 Å². The summed E-state index contributed by atoms with van der Waals surface area (Å²) in [5, 5.41) is 0. The minimum absolute atomic E-state index is 0.0699. The van der Waals surface area contributed by atoms with Crippen LogP contribution in [-0.4, -0.2) is 37.2 Å². The smallest absolute Gasteiger partial charge is 0.306 e. The first-order chi connectivity index (χ1) is 32.0. The third-order valence-corrected chi connectivity index (χ3v) is 12.9. The molecular formula is C59H110O6. The van der Waals surface area contributed by atoms with E-state index in [0.29, 0.717) is 19.3 Å². The summed E-state index contributed by atoms with van der Waals surface area (Å²) in [6.07, 6.45) is 63.2. The lowest BCUT2D eigenvalue weighted by molar-refractivity contribution is -0.167. The SMILES string of the molecule is CCCCCCCC/C=C\CCCCCCCCCC(=O)OC(COC(=O)CCCCCCCCCCC)COC(=O)CCCCCCCCCCC/C=C\CCCCCCCCCC. The maximum atomic E-state index is 12.8. The highest BCUT2D eigenvalue weighted by Gasteiger charge is 2.19. The molecule has 6 nitrogen and oxygen atoms in total. The van der Waals surface area contributed by atoms with Crippen molar-refractivity contribution in [2.24, 2.45) is 0 Å². The summed E-state index contributed by atoms with van der Waals surface area (Å²) >= 11 is 0. The van der Waals surface area contributed by atoms with Crippen LogP contribution in [0.25, 0.3) is 0 Å². The van der Waals surface area contributed by atoms with Crippen molar-refractivity contribution in [2.45, 2.75) is 322 Å². The van der Waals surface area contributed by atoms with Gasteiger partial charge in [-0.15, -0.1) is 0 Å². The van der Waals surface area contributed by atoms with Crippen LogP contribution in [0.1, 0.15) is 316 Å². The molecule has 0 radical (unpaired) electrons. The quantitative estimate of drug-likeness (QED) is 0.0262. The van der Waals surface area contributed by atoms with Crippen LogP contribution in [-0.2, 0) is 28.6 Å². The van der Waals surface area contributed by atoms with Crippen molar-refractivity contribution in [1.29, 1.82) is 0 Å². The number of esters is 3. The van der Waals surface area contributed by atoms with Crippen molar-refractivity contribution in [3.63, 3.8) is 0 Å². The minimum Gasteiger partial charge on any atom is -0.462 e. The fourth-order valence-electron chi connectivity index (χ4n) is 8.55. The molecule has 0 aromatic heterocycles. The lowest BCUT2D eigenvalue weighted by Gasteiger charge is -2.18. The zero-order valence-electron chi connectivity index (χ0n) is 43.8. The molecule has 1 unspecified atom stereocenters. The van der Waals surface area contributed by atoms with Crippen molar-refractivity contribution in [3.05, 3.63) is 24.3 Å². The molecule has 0 amide bonds. The highest BCUT2D eigenvalue weighted by Crippen LogP contribution is 2.16. The summed E-state index contributed by atoms with van der Waals surface area (Å²) in [4.78, 5) is 38.0. The van der Waals surface area contributed by atoms with Crippen molar-refractivity contribution in [1.82, 2.24) is 0 Å².